The summed E-state index contributed by atoms with van der Waals surface area (Å²) in [4.78, 5) is 30.2. The molecule has 1 aromatic carbocycles. The third-order valence-corrected chi connectivity index (χ3v) is 6.77. The number of ether oxygens (including phenoxy) is 1. The van der Waals surface area contributed by atoms with E-state index in [0.29, 0.717) is 29.7 Å². The van der Waals surface area contributed by atoms with Crippen molar-refractivity contribution in [3.8, 4) is 0 Å². The van der Waals surface area contributed by atoms with Crippen molar-refractivity contribution >= 4 is 22.0 Å². The Bertz CT molecular complexity index is 1010. The van der Waals surface area contributed by atoms with Crippen molar-refractivity contribution in [2.24, 2.45) is 0 Å². The lowest BCUT2D eigenvalue weighted by Crippen LogP contribution is -2.36. The standard InChI is InChI=1S/C18H20N4O5S/c1-20(2)28(25,26)22-11-19-9-15(22)16-8-7-12(27-16)10-21-17(23)13-5-3-4-6-14(13)18(21)24/h3-6,9,11-12,16H,7-8,10H2,1-2H3/t12-,16+/m0/s1. The molecular formula is C18H20N4O5S. The van der Waals surface area contributed by atoms with E-state index in [4.69, 9.17) is 4.74 Å². The summed E-state index contributed by atoms with van der Waals surface area (Å²) in [6.07, 6.45) is 3.05. The number of imide groups is 1. The quantitative estimate of drug-likeness (QED) is 0.691. The fraction of sp³-hybridized carbons (Fsp3) is 0.389. The minimum absolute atomic E-state index is 0.136. The van der Waals surface area contributed by atoms with E-state index in [1.165, 1.54) is 31.5 Å². The zero-order chi connectivity index (χ0) is 20.1. The Labute approximate surface area is 162 Å². The SMILES string of the molecule is CN(C)S(=O)(=O)n1cncc1[C@H]1CC[C@@H](CN2C(=O)c3ccccc3C2=O)O1. The molecule has 0 bridgehead atoms. The first-order chi connectivity index (χ1) is 13.3. The van der Waals surface area contributed by atoms with Gasteiger partial charge >= 0.3 is 10.2 Å². The Balaban J connectivity index is 1.49. The van der Waals surface area contributed by atoms with Crippen LogP contribution in [0.15, 0.2) is 36.8 Å². The number of fused-ring (bicyclic) bond motifs is 1. The fourth-order valence-corrected chi connectivity index (χ4v) is 4.51. The van der Waals surface area contributed by atoms with Gasteiger partial charge in [-0.1, -0.05) is 12.1 Å². The normalized spacial score (nSPS) is 22.3. The highest BCUT2D eigenvalue weighted by atomic mass is 32.2. The molecule has 2 aliphatic heterocycles. The number of carbonyl (C=O) groups is 2. The van der Waals surface area contributed by atoms with Gasteiger partial charge in [0.15, 0.2) is 0 Å². The number of benzene rings is 1. The van der Waals surface area contributed by atoms with E-state index in [0.717, 1.165) is 8.28 Å². The molecule has 0 radical (unpaired) electrons. The summed E-state index contributed by atoms with van der Waals surface area (Å²) in [5, 5.41) is 0. The van der Waals surface area contributed by atoms with Crippen LogP contribution >= 0.6 is 0 Å². The van der Waals surface area contributed by atoms with Gasteiger partial charge < -0.3 is 4.74 Å². The van der Waals surface area contributed by atoms with Crippen LogP contribution < -0.4 is 0 Å². The van der Waals surface area contributed by atoms with Gasteiger partial charge in [0.05, 0.1) is 35.7 Å². The Morgan fingerprint density at radius 2 is 1.79 bits per heavy atom. The summed E-state index contributed by atoms with van der Waals surface area (Å²) in [6, 6.07) is 6.72. The van der Waals surface area contributed by atoms with Gasteiger partial charge in [0.1, 0.15) is 12.4 Å². The topological polar surface area (TPSA) is 102 Å². The number of hydrogen-bond donors (Lipinski definition) is 0. The molecular weight excluding hydrogens is 384 g/mol. The molecule has 2 aromatic rings. The molecule has 0 aliphatic carbocycles. The zero-order valence-electron chi connectivity index (χ0n) is 15.5. The molecule has 3 heterocycles. The van der Waals surface area contributed by atoms with E-state index in [-0.39, 0.29) is 24.5 Å². The average molecular weight is 404 g/mol. The van der Waals surface area contributed by atoms with Crippen molar-refractivity contribution in [3.63, 3.8) is 0 Å². The highest BCUT2D eigenvalue weighted by molar-refractivity contribution is 7.87. The van der Waals surface area contributed by atoms with Crippen LogP contribution in [0.25, 0.3) is 0 Å². The highest BCUT2D eigenvalue weighted by Gasteiger charge is 2.39. The Morgan fingerprint density at radius 1 is 1.14 bits per heavy atom. The summed E-state index contributed by atoms with van der Waals surface area (Å²) >= 11 is 0. The second-order valence-electron chi connectivity index (χ2n) is 7.00. The maximum atomic E-state index is 12.5. The number of imidazole rings is 1. The van der Waals surface area contributed by atoms with E-state index < -0.39 is 16.3 Å². The molecule has 10 heteroatoms. The summed E-state index contributed by atoms with van der Waals surface area (Å²) < 4.78 is 33.1. The van der Waals surface area contributed by atoms with Crippen molar-refractivity contribution in [2.45, 2.75) is 25.0 Å². The predicted molar refractivity (Wildman–Crippen MR) is 98.9 cm³/mol. The van der Waals surface area contributed by atoms with Gasteiger partial charge in [-0.15, -0.1) is 0 Å². The zero-order valence-corrected chi connectivity index (χ0v) is 16.3. The number of rotatable bonds is 5. The largest absolute Gasteiger partial charge is 0.367 e. The van der Waals surface area contributed by atoms with Gasteiger partial charge in [0, 0.05) is 14.1 Å². The summed E-state index contributed by atoms with van der Waals surface area (Å²) in [7, 11) is -0.818. The van der Waals surface area contributed by atoms with E-state index >= 15 is 0 Å². The number of nitrogens with zero attached hydrogens (tertiary/aromatic N) is 4. The average Bonchev–Trinajstić information content (AvgIpc) is 3.38. The smallest absolute Gasteiger partial charge is 0.308 e. The first-order valence-electron chi connectivity index (χ1n) is 8.86. The van der Waals surface area contributed by atoms with Crippen molar-refractivity contribution in [1.82, 2.24) is 18.2 Å². The van der Waals surface area contributed by atoms with Crippen LogP contribution in [0.4, 0.5) is 0 Å². The third-order valence-electron chi connectivity index (χ3n) is 5.04. The van der Waals surface area contributed by atoms with E-state index in [9.17, 15) is 18.0 Å². The Kier molecular flexibility index (Phi) is 4.56. The number of hydrogen-bond acceptors (Lipinski definition) is 6. The van der Waals surface area contributed by atoms with Crippen LogP contribution in [0.3, 0.4) is 0 Å². The molecule has 2 amide bonds. The second kappa shape index (κ2) is 6.80. The van der Waals surface area contributed by atoms with E-state index in [2.05, 4.69) is 4.98 Å². The lowest BCUT2D eigenvalue weighted by atomic mass is 10.1. The fourth-order valence-electron chi connectivity index (χ4n) is 3.55. The minimum Gasteiger partial charge on any atom is -0.367 e. The molecule has 4 rings (SSSR count). The van der Waals surface area contributed by atoms with Gasteiger partial charge in [-0.05, 0) is 25.0 Å². The van der Waals surface area contributed by atoms with Crippen LogP contribution in [0.5, 0.6) is 0 Å². The number of amides is 2. The second-order valence-corrected chi connectivity index (χ2v) is 9.01. The van der Waals surface area contributed by atoms with Gasteiger partial charge in [0.25, 0.3) is 11.8 Å². The van der Waals surface area contributed by atoms with Crippen molar-refractivity contribution in [1.29, 1.82) is 0 Å². The van der Waals surface area contributed by atoms with Crippen molar-refractivity contribution in [2.75, 3.05) is 20.6 Å². The molecule has 0 saturated carbocycles. The molecule has 0 unspecified atom stereocenters. The molecule has 9 nitrogen and oxygen atoms in total. The Hall–Kier alpha value is -2.56. The molecule has 0 spiro atoms. The van der Waals surface area contributed by atoms with Crippen LogP contribution in [0.1, 0.15) is 45.4 Å². The van der Waals surface area contributed by atoms with Crippen LogP contribution in [-0.2, 0) is 14.9 Å². The first-order valence-corrected chi connectivity index (χ1v) is 10.3. The van der Waals surface area contributed by atoms with Crippen molar-refractivity contribution in [3.05, 3.63) is 53.6 Å². The summed E-state index contributed by atoms with van der Waals surface area (Å²) in [5.74, 6) is -0.652. The molecule has 148 valence electrons. The van der Waals surface area contributed by atoms with Gasteiger partial charge in [0.2, 0.25) is 0 Å². The van der Waals surface area contributed by atoms with Gasteiger partial charge in [-0.2, -0.15) is 12.7 Å². The third kappa shape index (κ3) is 2.93. The van der Waals surface area contributed by atoms with E-state index in [1.54, 1.807) is 24.3 Å². The van der Waals surface area contributed by atoms with Gasteiger partial charge in [-0.25, -0.2) is 8.96 Å². The summed E-state index contributed by atoms with van der Waals surface area (Å²) in [6.45, 7) is 0.136. The first kappa shape index (κ1) is 18.8. The maximum Gasteiger partial charge on any atom is 0.308 e. The Morgan fingerprint density at radius 3 is 2.39 bits per heavy atom. The lowest BCUT2D eigenvalue weighted by molar-refractivity contribution is 0.0199. The molecule has 0 N–H and O–H groups in total. The number of carbonyl (C=O) groups excluding carboxylic acids is 2. The number of aromatic nitrogens is 2. The van der Waals surface area contributed by atoms with Crippen LogP contribution in [0.2, 0.25) is 0 Å². The van der Waals surface area contributed by atoms with Crippen LogP contribution in [0, 0.1) is 0 Å². The molecule has 1 saturated heterocycles. The van der Waals surface area contributed by atoms with Gasteiger partial charge in [-0.3, -0.25) is 14.5 Å². The lowest BCUT2D eigenvalue weighted by Gasteiger charge is -2.20. The molecule has 1 aromatic heterocycles. The molecule has 28 heavy (non-hydrogen) atoms. The molecule has 2 aliphatic rings. The highest BCUT2D eigenvalue weighted by Crippen LogP contribution is 2.34. The minimum atomic E-state index is -3.71. The van der Waals surface area contributed by atoms with Crippen LogP contribution in [-0.4, -0.2) is 65.1 Å². The molecule has 2 atom stereocenters. The van der Waals surface area contributed by atoms with E-state index in [1.807, 2.05) is 0 Å². The summed E-state index contributed by atoms with van der Waals surface area (Å²) in [5.41, 5.74) is 1.23. The van der Waals surface area contributed by atoms with Crippen molar-refractivity contribution < 1.29 is 22.7 Å². The maximum absolute atomic E-state index is 12.5. The predicted octanol–water partition coefficient (Wildman–Crippen LogP) is 1.05. The monoisotopic (exact) mass is 404 g/mol. The molecule has 1 fully saturated rings.